The first-order valence-electron chi connectivity index (χ1n) is 5.30. The molecule has 108 valence electrons. The molecule has 0 amide bonds. The van der Waals surface area contributed by atoms with Crippen LogP contribution in [0.3, 0.4) is 0 Å². The first-order chi connectivity index (χ1) is 9.86. The van der Waals surface area contributed by atoms with Crippen molar-refractivity contribution >= 4 is 23.0 Å². The monoisotopic (exact) mass is 313 g/mol. The number of nitrogens with zero attached hydrogens (tertiary/aromatic N) is 3. The summed E-state index contributed by atoms with van der Waals surface area (Å²) in [5.74, 6) is -1.45. The summed E-state index contributed by atoms with van der Waals surface area (Å²) in [6, 6.07) is 4.56. The molecule has 0 N–H and O–H groups in total. The molecule has 21 heavy (non-hydrogen) atoms. The van der Waals surface area contributed by atoms with Gasteiger partial charge < -0.3 is 4.74 Å². The number of nitro groups is 2. The van der Waals surface area contributed by atoms with E-state index in [0.29, 0.717) is 6.07 Å². The lowest BCUT2D eigenvalue weighted by molar-refractivity contribution is -0.386. The van der Waals surface area contributed by atoms with E-state index in [0.717, 1.165) is 24.3 Å². The van der Waals surface area contributed by atoms with Gasteiger partial charge in [0.05, 0.1) is 28.0 Å². The number of pyridine rings is 1. The number of hydrogen-bond donors (Lipinski definition) is 0. The molecule has 0 fully saturated rings. The van der Waals surface area contributed by atoms with Crippen molar-refractivity contribution in [1.29, 1.82) is 0 Å². The van der Waals surface area contributed by atoms with Crippen molar-refractivity contribution in [3.63, 3.8) is 0 Å². The summed E-state index contributed by atoms with van der Waals surface area (Å²) in [5, 5.41) is 21.3. The highest BCUT2D eigenvalue weighted by Crippen LogP contribution is 2.33. The van der Waals surface area contributed by atoms with Crippen molar-refractivity contribution in [3.8, 4) is 11.6 Å². The van der Waals surface area contributed by atoms with E-state index in [1.807, 2.05) is 0 Å². The smallest absolute Gasteiger partial charge is 0.314 e. The molecule has 0 unspecified atom stereocenters. The Morgan fingerprint density at radius 3 is 2.48 bits per heavy atom. The summed E-state index contributed by atoms with van der Waals surface area (Å²) in [7, 11) is 0. The van der Waals surface area contributed by atoms with Crippen molar-refractivity contribution in [2.75, 3.05) is 0 Å². The van der Waals surface area contributed by atoms with Crippen LogP contribution < -0.4 is 4.74 Å². The fourth-order valence-electron chi connectivity index (χ4n) is 1.45. The predicted octanol–water partition coefficient (Wildman–Crippen LogP) is 3.48. The van der Waals surface area contributed by atoms with Crippen LogP contribution in [0.1, 0.15) is 0 Å². The average molecular weight is 314 g/mol. The number of nitro benzene ring substituents is 1. The molecule has 0 aliphatic carbocycles. The van der Waals surface area contributed by atoms with E-state index in [1.165, 1.54) is 0 Å². The number of halogens is 2. The van der Waals surface area contributed by atoms with Crippen molar-refractivity contribution in [1.82, 2.24) is 4.98 Å². The van der Waals surface area contributed by atoms with Crippen LogP contribution in [0, 0.1) is 26.0 Å². The van der Waals surface area contributed by atoms with E-state index in [9.17, 15) is 24.6 Å². The third kappa shape index (κ3) is 3.39. The lowest BCUT2D eigenvalue weighted by Gasteiger charge is -2.05. The maximum Gasteiger partial charge on any atom is 0.314 e. The Hall–Kier alpha value is -2.81. The fourth-order valence-corrected chi connectivity index (χ4v) is 1.64. The summed E-state index contributed by atoms with van der Waals surface area (Å²) < 4.78 is 18.1. The van der Waals surface area contributed by atoms with E-state index < -0.39 is 27.0 Å². The molecule has 0 saturated heterocycles. The normalized spacial score (nSPS) is 10.2. The lowest BCUT2D eigenvalue weighted by atomic mass is 10.3. The summed E-state index contributed by atoms with van der Waals surface area (Å²) in [6.07, 6.45) is 0. The minimum Gasteiger partial charge on any atom is -0.431 e. The predicted molar refractivity (Wildman–Crippen MR) is 69.0 cm³/mol. The summed E-state index contributed by atoms with van der Waals surface area (Å²) >= 11 is 5.60. The molecule has 0 spiro atoms. The van der Waals surface area contributed by atoms with Crippen LogP contribution in [-0.2, 0) is 0 Å². The average Bonchev–Trinajstić information content (AvgIpc) is 2.40. The van der Waals surface area contributed by atoms with Gasteiger partial charge in [-0.2, -0.15) is 0 Å². The zero-order valence-electron chi connectivity index (χ0n) is 10.0. The third-order valence-corrected chi connectivity index (χ3v) is 2.49. The molecule has 0 aliphatic heterocycles. The molecule has 1 aromatic carbocycles. The maximum atomic E-state index is 13.0. The quantitative estimate of drug-likeness (QED) is 0.485. The van der Waals surface area contributed by atoms with Gasteiger partial charge in [0.1, 0.15) is 11.0 Å². The van der Waals surface area contributed by atoms with Crippen LogP contribution in [0.2, 0.25) is 5.15 Å². The van der Waals surface area contributed by atoms with E-state index in [2.05, 4.69) is 4.98 Å². The Labute approximate surface area is 121 Å². The summed E-state index contributed by atoms with van der Waals surface area (Å²) in [5.41, 5.74) is -1.03. The van der Waals surface area contributed by atoms with Crippen molar-refractivity contribution in [2.24, 2.45) is 0 Å². The van der Waals surface area contributed by atoms with Crippen LogP contribution in [-0.4, -0.2) is 14.8 Å². The molecule has 2 aromatic rings. The molecule has 1 aromatic heterocycles. The molecule has 10 heteroatoms. The second-order valence-electron chi connectivity index (χ2n) is 3.71. The van der Waals surface area contributed by atoms with Crippen molar-refractivity contribution < 1.29 is 19.0 Å². The highest BCUT2D eigenvalue weighted by Gasteiger charge is 2.19. The van der Waals surface area contributed by atoms with Gasteiger partial charge in [0.15, 0.2) is 0 Å². The standard InChI is InChI=1S/C11H5ClFN3O5/c12-10-4-7(15(17)18)5-11(14-10)21-9-2-1-6(13)3-8(9)16(19)20/h1-5H. The second-order valence-corrected chi connectivity index (χ2v) is 4.10. The molecule has 2 rings (SSSR count). The first kappa shape index (κ1) is 14.6. The van der Waals surface area contributed by atoms with Gasteiger partial charge in [-0.1, -0.05) is 11.6 Å². The number of ether oxygens (including phenoxy) is 1. The number of rotatable bonds is 4. The van der Waals surface area contributed by atoms with Crippen LogP contribution in [0.15, 0.2) is 30.3 Å². The minimum absolute atomic E-state index is 0.219. The molecule has 0 saturated carbocycles. The van der Waals surface area contributed by atoms with Gasteiger partial charge in [-0.15, -0.1) is 0 Å². The van der Waals surface area contributed by atoms with E-state index in [-0.39, 0.29) is 16.8 Å². The lowest BCUT2D eigenvalue weighted by Crippen LogP contribution is -1.97. The van der Waals surface area contributed by atoms with Crippen LogP contribution in [0.5, 0.6) is 11.6 Å². The van der Waals surface area contributed by atoms with Gasteiger partial charge in [-0.3, -0.25) is 20.2 Å². The SMILES string of the molecule is O=[N+]([O-])c1cc(Cl)nc(Oc2ccc(F)cc2[N+](=O)[O-])c1. The highest BCUT2D eigenvalue weighted by atomic mass is 35.5. The van der Waals surface area contributed by atoms with Gasteiger partial charge in [-0.25, -0.2) is 9.37 Å². The molecular weight excluding hydrogens is 309 g/mol. The van der Waals surface area contributed by atoms with E-state index in [1.54, 1.807) is 0 Å². The van der Waals surface area contributed by atoms with Crippen LogP contribution in [0.4, 0.5) is 15.8 Å². The molecule has 8 nitrogen and oxygen atoms in total. The van der Waals surface area contributed by atoms with Gasteiger partial charge in [0, 0.05) is 0 Å². The first-order valence-corrected chi connectivity index (χ1v) is 5.68. The van der Waals surface area contributed by atoms with Gasteiger partial charge in [0.25, 0.3) is 5.69 Å². The zero-order chi connectivity index (χ0) is 15.6. The molecule has 0 bridgehead atoms. The summed E-state index contributed by atoms with van der Waals surface area (Å²) in [4.78, 5) is 23.6. The minimum atomic E-state index is -0.850. The molecular formula is C11H5ClFN3O5. The van der Waals surface area contributed by atoms with E-state index >= 15 is 0 Å². The molecule has 0 radical (unpaired) electrons. The Bertz CT molecular complexity index is 740. The van der Waals surface area contributed by atoms with Crippen LogP contribution >= 0.6 is 11.6 Å². The summed E-state index contributed by atoms with van der Waals surface area (Å²) in [6.45, 7) is 0. The largest absolute Gasteiger partial charge is 0.431 e. The Morgan fingerprint density at radius 2 is 1.86 bits per heavy atom. The maximum absolute atomic E-state index is 13.0. The molecule has 0 aliphatic rings. The third-order valence-electron chi connectivity index (χ3n) is 2.30. The number of hydrogen-bond acceptors (Lipinski definition) is 6. The number of aromatic nitrogens is 1. The van der Waals surface area contributed by atoms with Gasteiger partial charge in [-0.05, 0) is 12.1 Å². The van der Waals surface area contributed by atoms with Gasteiger partial charge in [0.2, 0.25) is 11.6 Å². The molecule has 0 atom stereocenters. The Morgan fingerprint density at radius 1 is 1.14 bits per heavy atom. The van der Waals surface area contributed by atoms with Crippen LogP contribution in [0.25, 0.3) is 0 Å². The zero-order valence-corrected chi connectivity index (χ0v) is 10.8. The van der Waals surface area contributed by atoms with Crippen molar-refractivity contribution in [2.45, 2.75) is 0 Å². The second kappa shape index (κ2) is 5.67. The fraction of sp³-hybridized carbons (Fsp3) is 0. The topological polar surface area (TPSA) is 108 Å². The van der Waals surface area contributed by atoms with E-state index in [4.69, 9.17) is 16.3 Å². The molecule has 1 heterocycles. The Kier molecular flexibility index (Phi) is 3.94. The Balaban J connectivity index is 2.43. The van der Waals surface area contributed by atoms with Crippen molar-refractivity contribution in [3.05, 3.63) is 61.5 Å². The number of benzene rings is 1. The highest BCUT2D eigenvalue weighted by molar-refractivity contribution is 6.29. The van der Waals surface area contributed by atoms with Gasteiger partial charge >= 0.3 is 5.69 Å².